The Morgan fingerprint density at radius 1 is 1.22 bits per heavy atom. The Morgan fingerprint density at radius 3 is 2.44 bits per heavy atom. The Balaban J connectivity index is 2.95. The van der Waals surface area contributed by atoms with E-state index in [-0.39, 0.29) is 5.82 Å². The minimum atomic E-state index is -0.264. The third kappa shape index (κ3) is 4.26. The van der Waals surface area contributed by atoms with Crippen LogP contribution in [-0.2, 0) is 6.54 Å². The van der Waals surface area contributed by atoms with Crippen molar-refractivity contribution in [1.29, 1.82) is 0 Å². The van der Waals surface area contributed by atoms with E-state index in [0.29, 0.717) is 6.54 Å². The molecule has 0 atom stereocenters. The topological polar surface area (TPSA) is 28.2 Å². The first-order chi connectivity index (χ1) is 8.72. The lowest BCUT2D eigenvalue weighted by molar-refractivity contribution is 0.611. The number of hydrogen-bond donors (Lipinski definition) is 1. The number of halogens is 1. The number of aromatic nitrogens is 1. The zero-order valence-electron chi connectivity index (χ0n) is 11.7. The number of nitrogens with zero attached hydrogens (tertiary/aromatic N) is 2. The number of hydrogen-bond acceptors (Lipinski definition) is 3. The van der Waals surface area contributed by atoms with Crippen LogP contribution >= 0.6 is 0 Å². The van der Waals surface area contributed by atoms with Gasteiger partial charge in [-0.1, -0.05) is 20.8 Å². The summed E-state index contributed by atoms with van der Waals surface area (Å²) in [5.41, 5.74) is 0.943. The van der Waals surface area contributed by atoms with E-state index in [2.05, 4.69) is 29.0 Å². The zero-order valence-corrected chi connectivity index (χ0v) is 11.7. The third-order valence-electron chi connectivity index (χ3n) is 2.76. The van der Waals surface area contributed by atoms with Crippen molar-refractivity contribution in [2.24, 2.45) is 0 Å². The molecule has 0 fully saturated rings. The normalized spacial score (nSPS) is 10.7. The Hall–Kier alpha value is -1.16. The molecule has 0 aliphatic heterocycles. The smallest absolute Gasteiger partial charge is 0.141 e. The van der Waals surface area contributed by atoms with E-state index in [1.54, 1.807) is 6.07 Å². The monoisotopic (exact) mass is 253 g/mol. The fraction of sp³-hybridized carbons (Fsp3) is 0.643. The summed E-state index contributed by atoms with van der Waals surface area (Å²) in [4.78, 5) is 6.52. The molecule has 0 spiro atoms. The van der Waals surface area contributed by atoms with Crippen LogP contribution in [0.15, 0.2) is 12.3 Å². The molecule has 18 heavy (non-hydrogen) atoms. The number of anilines is 1. The van der Waals surface area contributed by atoms with Gasteiger partial charge in [-0.05, 0) is 25.5 Å². The molecule has 1 N–H and O–H groups in total. The maximum absolute atomic E-state index is 13.3. The Labute approximate surface area is 109 Å². The highest BCUT2D eigenvalue weighted by molar-refractivity contribution is 5.46. The van der Waals surface area contributed by atoms with E-state index in [1.807, 2.05) is 6.92 Å². The van der Waals surface area contributed by atoms with E-state index in [1.165, 1.54) is 6.20 Å². The fourth-order valence-corrected chi connectivity index (χ4v) is 2.01. The van der Waals surface area contributed by atoms with Gasteiger partial charge in [-0.3, -0.25) is 0 Å². The van der Waals surface area contributed by atoms with Crippen molar-refractivity contribution in [3.05, 3.63) is 23.6 Å². The molecule has 0 amide bonds. The largest absolute Gasteiger partial charge is 0.356 e. The maximum Gasteiger partial charge on any atom is 0.141 e. The molecule has 0 saturated heterocycles. The van der Waals surface area contributed by atoms with E-state index in [9.17, 15) is 4.39 Å². The molecule has 0 aromatic carbocycles. The molecule has 1 aromatic rings. The van der Waals surface area contributed by atoms with Crippen LogP contribution in [0.5, 0.6) is 0 Å². The fourth-order valence-electron chi connectivity index (χ4n) is 2.01. The maximum atomic E-state index is 13.3. The summed E-state index contributed by atoms with van der Waals surface area (Å²) in [5, 5.41) is 3.24. The lowest BCUT2D eigenvalue weighted by Gasteiger charge is -2.25. The Kier molecular flexibility index (Phi) is 6.65. The SMILES string of the molecule is CCCN(CCC)c1ncc(F)cc1CNCC. The van der Waals surface area contributed by atoms with Gasteiger partial charge in [-0.25, -0.2) is 9.37 Å². The second-order valence-electron chi connectivity index (χ2n) is 4.40. The van der Waals surface area contributed by atoms with Gasteiger partial charge in [0, 0.05) is 25.2 Å². The predicted octanol–water partition coefficient (Wildman–Crippen LogP) is 2.96. The van der Waals surface area contributed by atoms with Crippen LogP contribution in [-0.4, -0.2) is 24.6 Å². The van der Waals surface area contributed by atoms with Gasteiger partial charge >= 0.3 is 0 Å². The molecule has 0 saturated carbocycles. The van der Waals surface area contributed by atoms with Crippen LogP contribution < -0.4 is 10.2 Å². The molecule has 0 unspecified atom stereocenters. The molecule has 1 heterocycles. The quantitative estimate of drug-likeness (QED) is 0.772. The molecule has 102 valence electrons. The average Bonchev–Trinajstić information content (AvgIpc) is 2.36. The highest BCUT2D eigenvalue weighted by Crippen LogP contribution is 2.19. The third-order valence-corrected chi connectivity index (χ3v) is 2.76. The summed E-state index contributed by atoms with van der Waals surface area (Å²) in [6.45, 7) is 9.81. The summed E-state index contributed by atoms with van der Waals surface area (Å²) in [6, 6.07) is 1.59. The van der Waals surface area contributed by atoms with Crippen LogP contribution in [0.4, 0.5) is 10.2 Å². The van der Waals surface area contributed by atoms with E-state index in [4.69, 9.17) is 0 Å². The second-order valence-corrected chi connectivity index (χ2v) is 4.40. The Bertz CT molecular complexity index is 349. The van der Waals surface area contributed by atoms with Gasteiger partial charge in [0.2, 0.25) is 0 Å². The van der Waals surface area contributed by atoms with Crippen LogP contribution in [0.2, 0.25) is 0 Å². The van der Waals surface area contributed by atoms with Crippen molar-refractivity contribution in [3.8, 4) is 0 Å². The molecule has 1 rings (SSSR count). The summed E-state index contributed by atoms with van der Waals surface area (Å²) in [7, 11) is 0. The van der Waals surface area contributed by atoms with Crippen molar-refractivity contribution in [2.45, 2.75) is 40.2 Å². The van der Waals surface area contributed by atoms with E-state index in [0.717, 1.165) is 43.9 Å². The summed E-state index contributed by atoms with van der Waals surface area (Å²) < 4.78 is 13.3. The number of nitrogens with one attached hydrogen (secondary N) is 1. The van der Waals surface area contributed by atoms with E-state index < -0.39 is 0 Å². The van der Waals surface area contributed by atoms with Crippen LogP contribution in [0, 0.1) is 5.82 Å². The molecule has 0 aliphatic carbocycles. The van der Waals surface area contributed by atoms with Gasteiger partial charge in [0.25, 0.3) is 0 Å². The van der Waals surface area contributed by atoms with Crippen molar-refractivity contribution in [1.82, 2.24) is 10.3 Å². The van der Waals surface area contributed by atoms with Crippen LogP contribution in [0.3, 0.4) is 0 Å². The molecule has 0 bridgehead atoms. The summed E-state index contributed by atoms with van der Waals surface area (Å²) in [5.74, 6) is 0.653. The molecule has 1 aromatic heterocycles. The summed E-state index contributed by atoms with van der Waals surface area (Å²) >= 11 is 0. The van der Waals surface area contributed by atoms with E-state index >= 15 is 0 Å². The van der Waals surface area contributed by atoms with Crippen molar-refractivity contribution in [2.75, 3.05) is 24.5 Å². The molecular formula is C14H24FN3. The first-order valence-corrected chi connectivity index (χ1v) is 6.82. The highest BCUT2D eigenvalue weighted by Gasteiger charge is 2.12. The minimum Gasteiger partial charge on any atom is -0.356 e. The number of rotatable bonds is 8. The lowest BCUT2D eigenvalue weighted by Crippen LogP contribution is -2.28. The van der Waals surface area contributed by atoms with Crippen molar-refractivity contribution < 1.29 is 4.39 Å². The van der Waals surface area contributed by atoms with Gasteiger partial charge in [-0.2, -0.15) is 0 Å². The molecule has 3 nitrogen and oxygen atoms in total. The first-order valence-electron chi connectivity index (χ1n) is 6.82. The van der Waals surface area contributed by atoms with Gasteiger partial charge < -0.3 is 10.2 Å². The molecule has 4 heteroatoms. The highest BCUT2D eigenvalue weighted by atomic mass is 19.1. The standard InChI is InChI=1S/C14H24FN3/c1-4-7-18(8-5-2)14-12(10-16-6-3)9-13(15)11-17-14/h9,11,16H,4-8,10H2,1-3H3. The van der Waals surface area contributed by atoms with Crippen LogP contribution in [0.25, 0.3) is 0 Å². The molecule has 0 radical (unpaired) electrons. The summed E-state index contributed by atoms with van der Waals surface area (Å²) in [6.07, 6.45) is 3.45. The average molecular weight is 253 g/mol. The van der Waals surface area contributed by atoms with Crippen molar-refractivity contribution >= 4 is 5.82 Å². The zero-order chi connectivity index (χ0) is 13.4. The predicted molar refractivity (Wildman–Crippen MR) is 74.4 cm³/mol. The van der Waals surface area contributed by atoms with Gasteiger partial charge in [-0.15, -0.1) is 0 Å². The van der Waals surface area contributed by atoms with Gasteiger partial charge in [0.15, 0.2) is 0 Å². The Morgan fingerprint density at radius 2 is 1.89 bits per heavy atom. The first kappa shape index (κ1) is 14.9. The van der Waals surface area contributed by atoms with Crippen molar-refractivity contribution in [3.63, 3.8) is 0 Å². The lowest BCUT2D eigenvalue weighted by atomic mass is 10.2. The van der Waals surface area contributed by atoms with Gasteiger partial charge in [0.1, 0.15) is 11.6 Å². The minimum absolute atomic E-state index is 0.264. The number of pyridine rings is 1. The second kappa shape index (κ2) is 8.03. The van der Waals surface area contributed by atoms with Gasteiger partial charge in [0.05, 0.1) is 6.20 Å². The molecular weight excluding hydrogens is 229 g/mol. The molecule has 0 aliphatic rings. The van der Waals surface area contributed by atoms with Crippen LogP contribution in [0.1, 0.15) is 39.2 Å².